The van der Waals surface area contributed by atoms with Crippen LogP contribution in [0.15, 0.2) is 0 Å². The molecule has 0 radical (unpaired) electrons. The second-order valence-corrected chi connectivity index (χ2v) is 3.25. The zero-order chi connectivity index (χ0) is 11.1. The lowest BCUT2D eigenvalue weighted by Crippen LogP contribution is -2.34. The number of hydrogen-bond donors (Lipinski definition) is 0. The normalized spacial score (nSPS) is 14.3. The van der Waals surface area contributed by atoms with Crippen molar-refractivity contribution in [2.45, 2.75) is 24.6 Å². The SMILES string of the molecule is CCOC(=O)[C@@H](Cl)[C@H](Cl)C(=O)OCC. The van der Waals surface area contributed by atoms with Gasteiger partial charge in [0.05, 0.1) is 13.2 Å². The standard InChI is InChI=1S/C8H12Cl2O4/c1-3-13-7(11)5(9)6(10)8(12)14-4-2/h5-6H,3-4H2,1-2H3/t5-,6-/m0/s1. The van der Waals surface area contributed by atoms with Gasteiger partial charge >= 0.3 is 11.9 Å². The molecule has 4 nitrogen and oxygen atoms in total. The summed E-state index contributed by atoms with van der Waals surface area (Å²) in [6, 6.07) is 0. The van der Waals surface area contributed by atoms with E-state index in [0.717, 1.165) is 0 Å². The Hall–Kier alpha value is -0.480. The van der Waals surface area contributed by atoms with Crippen LogP contribution in [0.3, 0.4) is 0 Å². The molecular weight excluding hydrogens is 231 g/mol. The predicted octanol–water partition coefficient (Wildman–Crippen LogP) is 1.33. The maximum atomic E-state index is 11.0. The van der Waals surface area contributed by atoms with E-state index in [4.69, 9.17) is 23.2 Å². The van der Waals surface area contributed by atoms with Crippen molar-refractivity contribution in [3.8, 4) is 0 Å². The van der Waals surface area contributed by atoms with Gasteiger partial charge in [0, 0.05) is 0 Å². The Bertz CT molecular complexity index is 186. The monoisotopic (exact) mass is 242 g/mol. The number of alkyl halides is 2. The Morgan fingerprint density at radius 1 is 1.00 bits per heavy atom. The summed E-state index contributed by atoms with van der Waals surface area (Å²) in [5, 5.41) is -2.42. The van der Waals surface area contributed by atoms with Gasteiger partial charge in [0.25, 0.3) is 0 Å². The fourth-order valence-electron chi connectivity index (χ4n) is 0.683. The van der Waals surface area contributed by atoms with Crippen LogP contribution in [0, 0.1) is 0 Å². The molecule has 6 heteroatoms. The van der Waals surface area contributed by atoms with Gasteiger partial charge < -0.3 is 9.47 Å². The zero-order valence-electron chi connectivity index (χ0n) is 7.96. The number of hydrogen-bond acceptors (Lipinski definition) is 4. The second-order valence-electron chi connectivity index (χ2n) is 2.31. The van der Waals surface area contributed by atoms with E-state index in [2.05, 4.69) is 9.47 Å². The number of carbonyl (C=O) groups is 2. The molecule has 82 valence electrons. The second kappa shape index (κ2) is 6.90. The molecule has 0 rings (SSSR count). The average Bonchev–Trinajstić information content (AvgIpc) is 2.16. The van der Waals surface area contributed by atoms with E-state index in [0.29, 0.717) is 0 Å². The molecular formula is C8H12Cl2O4. The van der Waals surface area contributed by atoms with Crippen molar-refractivity contribution in [3.63, 3.8) is 0 Å². The minimum absolute atomic E-state index is 0.189. The topological polar surface area (TPSA) is 52.6 Å². The van der Waals surface area contributed by atoms with Crippen LogP contribution in [0.2, 0.25) is 0 Å². The van der Waals surface area contributed by atoms with E-state index < -0.39 is 22.7 Å². The molecule has 14 heavy (non-hydrogen) atoms. The highest BCUT2D eigenvalue weighted by atomic mass is 35.5. The summed E-state index contributed by atoms with van der Waals surface area (Å²) in [7, 11) is 0. The quantitative estimate of drug-likeness (QED) is 0.540. The van der Waals surface area contributed by atoms with Gasteiger partial charge in [0.1, 0.15) is 0 Å². The van der Waals surface area contributed by atoms with Gasteiger partial charge in [-0.25, -0.2) is 0 Å². The van der Waals surface area contributed by atoms with E-state index in [-0.39, 0.29) is 13.2 Å². The molecule has 0 amide bonds. The van der Waals surface area contributed by atoms with Crippen molar-refractivity contribution in [2.24, 2.45) is 0 Å². The van der Waals surface area contributed by atoms with Crippen LogP contribution in [0.1, 0.15) is 13.8 Å². The molecule has 0 saturated carbocycles. The molecule has 0 fully saturated rings. The summed E-state index contributed by atoms with van der Waals surface area (Å²) < 4.78 is 9.18. The van der Waals surface area contributed by atoms with Crippen molar-refractivity contribution >= 4 is 35.1 Å². The van der Waals surface area contributed by atoms with Crippen LogP contribution in [0.5, 0.6) is 0 Å². The third-order valence-corrected chi connectivity index (χ3v) is 2.27. The molecule has 0 aliphatic carbocycles. The van der Waals surface area contributed by atoms with Crippen LogP contribution >= 0.6 is 23.2 Å². The lowest BCUT2D eigenvalue weighted by Gasteiger charge is -2.13. The van der Waals surface area contributed by atoms with E-state index in [9.17, 15) is 9.59 Å². The summed E-state index contributed by atoms with van der Waals surface area (Å²) in [4.78, 5) is 22.1. The summed E-state index contributed by atoms with van der Waals surface area (Å²) in [5.74, 6) is -1.44. The molecule has 0 N–H and O–H groups in total. The average molecular weight is 243 g/mol. The first kappa shape index (κ1) is 13.5. The van der Waals surface area contributed by atoms with E-state index >= 15 is 0 Å². The van der Waals surface area contributed by atoms with Gasteiger partial charge in [-0.05, 0) is 13.8 Å². The number of carbonyl (C=O) groups excluding carboxylic acids is 2. The van der Waals surface area contributed by atoms with Gasteiger partial charge in [-0.3, -0.25) is 9.59 Å². The van der Waals surface area contributed by atoms with Gasteiger partial charge in [-0.2, -0.15) is 0 Å². The summed E-state index contributed by atoms with van der Waals surface area (Å²) in [6.45, 7) is 3.65. The Morgan fingerprint density at radius 3 is 1.50 bits per heavy atom. The summed E-state index contributed by atoms with van der Waals surface area (Å²) in [5.41, 5.74) is 0. The van der Waals surface area contributed by atoms with Crippen molar-refractivity contribution in [1.29, 1.82) is 0 Å². The predicted molar refractivity (Wildman–Crippen MR) is 52.5 cm³/mol. The van der Waals surface area contributed by atoms with Crippen LogP contribution < -0.4 is 0 Å². The first-order valence-corrected chi connectivity index (χ1v) is 5.03. The van der Waals surface area contributed by atoms with Gasteiger partial charge in [0.2, 0.25) is 0 Å². The van der Waals surface area contributed by atoms with Crippen molar-refractivity contribution in [3.05, 3.63) is 0 Å². The molecule has 0 saturated heterocycles. The van der Waals surface area contributed by atoms with Gasteiger partial charge in [0.15, 0.2) is 10.8 Å². The third kappa shape index (κ3) is 4.15. The lowest BCUT2D eigenvalue weighted by atomic mass is 10.3. The van der Waals surface area contributed by atoms with Crippen molar-refractivity contribution in [2.75, 3.05) is 13.2 Å². The molecule has 0 aromatic carbocycles. The smallest absolute Gasteiger partial charge is 0.326 e. The minimum Gasteiger partial charge on any atom is -0.465 e. The fraction of sp³-hybridized carbons (Fsp3) is 0.750. The van der Waals surface area contributed by atoms with Gasteiger partial charge in [-0.1, -0.05) is 0 Å². The van der Waals surface area contributed by atoms with Crippen LogP contribution in [0.25, 0.3) is 0 Å². The fourth-order valence-corrected chi connectivity index (χ4v) is 1.01. The molecule has 0 aromatic heterocycles. The third-order valence-electron chi connectivity index (χ3n) is 1.28. The Kier molecular flexibility index (Phi) is 6.66. The largest absolute Gasteiger partial charge is 0.465 e. The Morgan fingerprint density at radius 2 is 1.29 bits per heavy atom. The maximum Gasteiger partial charge on any atom is 0.326 e. The molecule has 0 unspecified atom stereocenters. The maximum absolute atomic E-state index is 11.0. The summed E-state index contributed by atoms with van der Waals surface area (Å²) >= 11 is 11.2. The highest BCUT2D eigenvalue weighted by Gasteiger charge is 2.32. The molecule has 0 aliphatic heterocycles. The molecule has 0 bridgehead atoms. The number of esters is 2. The van der Waals surface area contributed by atoms with Crippen molar-refractivity contribution < 1.29 is 19.1 Å². The zero-order valence-corrected chi connectivity index (χ0v) is 9.47. The molecule has 2 atom stereocenters. The number of rotatable bonds is 5. The molecule has 0 aromatic rings. The van der Waals surface area contributed by atoms with Crippen LogP contribution in [0.4, 0.5) is 0 Å². The molecule has 0 heterocycles. The first-order chi connectivity index (χ1) is 6.54. The van der Waals surface area contributed by atoms with Crippen molar-refractivity contribution in [1.82, 2.24) is 0 Å². The van der Waals surface area contributed by atoms with Crippen LogP contribution in [-0.2, 0) is 19.1 Å². The number of ether oxygens (including phenoxy) is 2. The van der Waals surface area contributed by atoms with Crippen LogP contribution in [-0.4, -0.2) is 35.9 Å². The Labute approximate surface area is 92.5 Å². The molecule has 0 aliphatic rings. The van der Waals surface area contributed by atoms with Gasteiger partial charge in [-0.15, -0.1) is 23.2 Å². The lowest BCUT2D eigenvalue weighted by molar-refractivity contribution is -0.149. The minimum atomic E-state index is -1.21. The van der Waals surface area contributed by atoms with E-state index in [1.165, 1.54) is 0 Å². The first-order valence-electron chi connectivity index (χ1n) is 4.16. The van der Waals surface area contributed by atoms with E-state index in [1.54, 1.807) is 13.8 Å². The Balaban J connectivity index is 4.16. The highest BCUT2D eigenvalue weighted by molar-refractivity contribution is 6.41. The summed E-state index contributed by atoms with van der Waals surface area (Å²) in [6.07, 6.45) is 0. The molecule has 0 spiro atoms. The number of halogens is 2. The van der Waals surface area contributed by atoms with E-state index in [1.807, 2.05) is 0 Å². The highest BCUT2D eigenvalue weighted by Crippen LogP contribution is 2.13.